The molecule has 8 heteroatoms. The van der Waals surface area contributed by atoms with Crippen LogP contribution in [0, 0.1) is 12.1 Å². The van der Waals surface area contributed by atoms with E-state index in [0.29, 0.717) is 18.7 Å². The summed E-state index contributed by atoms with van der Waals surface area (Å²) in [6, 6.07) is 0. The van der Waals surface area contributed by atoms with Crippen molar-refractivity contribution in [1.29, 1.82) is 0 Å². The van der Waals surface area contributed by atoms with E-state index in [1.54, 1.807) is 0 Å². The van der Waals surface area contributed by atoms with E-state index in [0.717, 1.165) is 4.57 Å². The normalized spacial score (nSPS) is 18.2. The molecular formula is C11H16N4O4. The maximum absolute atomic E-state index is 12.3. The second-order valence-electron chi connectivity index (χ2n) is 4.68. The summed E-state index contributed by atoms with van der Waals surface area (Å²) < 4.78 is 0.136. The zero-order chi connectivity index (χ0) is 14.0. The van der Waals surface area contributed by atoms with E-state index >= 15 is 0 Å². The monoisotopic (exact) mass is 268 g/mol. The van der Waals surface area contributed by atoms with Crippen LogP contribution >= 0.6 is 0 Å². The zero-order valence-corrected chi connectivity index (χ0v) is 10.6. The van der Waals surface area contributed by atoms with Crippen LogP contribution in [0.1, 0.15) is 5.56 Å². The number of nitrogens with zero attached hydrogens (tertiary/aromatic N) is 2. The van der Waals surface area contributed by atoms with Gasteiger partial charge < -0.3 is 10.5 Å². The first kappa shape index (κ1) is 13.7. The van der Waals surface area contributed by atoms with E-state index < -0.39 is 21.8 Å². The average molecular weight is 268 g/mol. The van der Waals surface area contributed by atoms with Crippen molar-refractivity contribution in [2.45, 2.75) is 13.5 Å². The average Bonchev–Trinajstić information content (AvgIpc) is 2.36. The lowest BCUT2D eigenvalue weighted by Crippen LogP contribution is -2.59. The van der Waals surface area contributed by atoms with Crippen LogP contribution in [0.2, 0.25) is 0 Å². The molecule has 1 aliphatic rings. The van der Waals surface area contributed by atoms with Gasteiger partial charge in [0.05, 0.1) is 13.1 Å². The first-order chi connectivity index (χ1) is 8.92. The van der Waals surface area contributed by atoms with E-state index in [9.17, 15) is 19.6 Å². The molecule has 0 spiro atoms. The summed E-state index contributed by atoms with van der Waals surface area (Å²) in [5, 5.41) is 15.3. The van der Waals surface area contributed by atoms with Crippen LogP contribution in [0.4, 0.5) is 0 Å². The van der Waals surface area contributed by atoms with E-state index in [2.05, 4.69) is 10.3 Å². The molecule has 2 heterocycles. The Bertz CT molecular complexity index is 597. The lowest BCUT2D eigenvalue weighted by Gasteiger charge is -2.42. The number of aromatic nitrogens is 2. The Balaban J connectivity index is 2.21. The summed E-state index contributed by atoms with van der Waals surface area (Å²) in [5.74, 6) is -0.574. The summed E-state index contributed by atoms with van der Waals surface area (Å²) in [7, 11) is 0. The maximum atomic E-state index is 12.3. The van der Waals surface area contributed by atoms with Gasteiger partial charge in [-0.1, -0.05) is 0 Å². The second-order valence-corrected chi connectivity index (χ2v) is 4.68. The van der Waals surface area contributed by atoms with Crippen LogP contribution in [0.15, 0.2) is 15.8 Å². The predicted octanol–water partition coefficient (Wildman–Crippen LogP) is -1.71. The summed E-state index contributed by atoms with van der Waals surface area (Å²) >= 11 is 0. The molecule has 1 amide bonds. The molecule has 1 aliphatic heterocycles. The Morgan fingerprint density at radius 2 is 2.05 bits per heavy atom. The lowest BCUT2D eigenvalue weighted by atomic mass is 10.3. The van der Waals surface area contributed by atoms with E-state index in [1.807, 2.05) is 0 Å². The second kappa shape index (κ2) is 5.08. The highest BCUT2D eigenvalue weighted by Crippen LogP contribution is 2.08. The molecule has 0 aliphatic carbocycles. The molecule has 0 unspecified atom stereocenters. The summed E-state index contributed by atoms with van der Waals surface area (Å²) in [6.45, 7) is 2.50. The quantitative estimate of drug-likeness (QED) is 0.490. The number of carbonyl (C=O) groups is 1. The third-order valence-corrected chi connectivity index (χ3v) is 3.25. The Kier molecular flexibility index (Phi) is 3.65. The van der Waals surface area contributed by atoms with Gasteiger partial charge >= 0.3 is 11.6 Å². The van der Waals surface area contributed by atoms with E-state index in [1.165, 1.54) is 13.1 Å². The minimum absolute atomic E-state index is 0.163. The first-order valence-corrected chi connectivity index (χ1v) is 6.05. The molecule has 1 aromatic heterocycles. The molecular weight excluding hydrogens is 252 g/mol. The van der Waals surface area contributed by atoms with Crippen molar-refractivity contribution in [3.8, 4) is 0 Å². The lowest BCUT2D eigenvalue weighted by molar-refractivity contribution is -0.807. The van der Waals surface area contributed by atoms with Gasteiger partial charge in [-0.2, -0.15) is 0 Å². The molecule has 2 N–H and O–H groups in total. The van der Waals surface area contributed by atoms with Gasteiger partial charge in [0, 0.05) is 24.8 Å². The van der Waals surface area contributed by atoms with Crippen LogP contribution in [-0.4, -0.2) is 46.3 Å². The number of rotatable bonds is 2. The van der Waals surface area contributed by atoms with Crippen LogP contribution in [0.25, 0.3) is 0 Å². The van der Waals surface area contributed by atoms with Gasteiger partial charge in [0.1, 0.15) is 6.54 Å². The van der Waals surface area contributed by atoms with E-state index in [4.69, 9.17) is 0 Å². The van der Waals surface area contributed by atoms with Crippen molar-refractivity contribution in [3.05, 3.63) is 37.8 Å². The maximum Gasteiger partial charge on any atom is 0.333 e. The number of nitrogens with one attached hydrogen (secondary N) is 2. The van der Waals surface area contributed by atoms with Crippen LogP contribution < -0.4 is 16.6 Å². The number of aromatic amines is 1. The molecule has 19 heavy (non-hydrogen) atoms. The highest BCUT2D eigenvalue weighted by atomic mass is 16.6. The molecule has 0 bridgehead atoms. The highest BCUT2D eigenvalue weighted by molar-refractivity contribution is 5.69. The van der Waals surface area contributed by atoms with Crippen molar-refractivity contribution in [1.82, 2.24) is 14.9 Å². The summed E-state index contributed by atoms with van der Waals surface area (Å²) in [6.07, 6.45) is 1.30. The van der Waals surface area contributed by atoms with Gasteiger partial charge in [-0.05, 0) is 6.92 Å². The van der Waals surface area contributed by atoms with Crippen LogP contribution in [-0.2, 0) is 11.3 Å². The molecule has 1 fully saturated rings. The third-order valence-electron chi connectivity index (χ3n) is 3.25. The fraction of sp³-hybridized carbons (Fsp3) is 0.545. The number of H-pyrrole nitrogens is 1. The molecule has 104 valence electrons. The Hall–Kier alpha value is -1.77. The number of aryl methyl sites for hydroxylation is 1. The number of carbonyl (C=O) groups excluding carboxylic acids is 1. The Labute approximate surface area is 108 Å². The minimum atomic E-state index is -0.933. The third kappa shape index (κ3) is 2.80. The highest BCUT2D eigenvalue weighted by Gasteiger charge is 2.29. The largest absolute Gasteiger partial charge is 0.625 e. The molecule has 0 aromatic carbocycles. The fourth-order valence-electron chi connectivity index (χ4n) is 2.02. The SMILES string of the molecule is Cc1cn(CC(=O)[N+]2([O-])CCNCC2)c(=O)[nH]c1=O. The Morgan fingerprint density at radius 1 is 1.42 bits per heavy atom. The van der Waals surface area contributed by atoms with Crippen molar-refractivity contribution in [2.24, 2.45) is 0 Å². The molecule has 0 saturated carbocycles. The van der Waals surface area contributed by atoms with Gasteiger partial charge in [-0.25, -0.2) is 9.59 Å². The van der Waals surface area contributed by atoms with Gasteiger partial charge in [-0.15, -0.1) is 0 Å². The standard InChI is InChI=1S/C11H16N4O4/c1-8-6-14(11(18)13-10(8)17)7-9(16)15(19)4-2-12-3-5-15/h6,12H,2-5,7H2,1H3,(H,13,17,18). The number of piperazine rings is 1. The number of quaternary nitrogens is 1. The van der Waals surface area contributed by atoms with Gasteiger partial charge in [-0.3, -0.25) is 19.0 Å². The molecule has 0 atom stereocenters. The van der Waals surface area contributed by atoms with Crippen molar-refractivity contribution >= 4 is 5.91 Å². The summed E-state index contributed by atoms with van der Waals surface area (Å²) in [5.41, 5.74) is -0.835. The molecule has 1 aromatic rings. The predicted molar refractivity (Wildman–Crippen MR) is 67.3 cm³/mol. The van der Waals surface area contributed by atoms with Crippen molar-refractivity contribution in [2.75, 3.05) is 26.2 Å². The van der Waals surface area contributed by atoms with Crippen LogP contribution in [0.5, 0.6) is 0 Å². The molecule has 0 radical (unpaired) electrons. The number of hydroxylamine groups is 3. The van der Waals surface area contributed by atoms with Gasteiger partial charge in [0.25, 0.3) is 5.56 Å². The van der Waals surface area contributed by atoms with E-state index in [-0.39, 0.29) is 19.6 Å². The smallest absolute Gasteiger partial charge is 0.333 e. The summed E-state index contributed by atoms with van der Waals surface area (Å²) in [4.78, 5) is 36.9. The van der Waals surface area contributed by atoms with Crippen molar-refractivity contribution < 1.29 is 9.44 Å². The van der Waals surface area contributed by atoms with Gasteiger partial charge in [0.2, 0.25) is 0 Å². The van der Waals surface area contributed by atoms with Crippen LogP contribution in [0.3, 0.4) is 0 Å². The molecule has 8 nitrogen and oxygen atoms in total. The fourth-order valence-corrected chi connectivity index (χ4v) is 2.02. The number of hydrogen-bond donors (Lipinski definition) is 2. The minimum Gasteiger partial charge on any atom is -0.625 e. The number of hydrogen-bond acceptors (Lipinski definition) is 5. The first-order valence-electron chi connectivity index (χ1n) is 6.05. The van der Waals surface area contributed by atoms with Crippen molar-refractivity contribution in [3.63, 3.8) is 0 Å². The topological polar surface area (TPSA) is 107 Å². The number of amides is 1. The molecule has 1 saturated heterocycles. The zero-order valence-electron chi connectivity index (χ0n) is 10.6. The molecule has 2 rings (SSSR count). The Morgan fingerprint density at radius 3 is 2.68 bits per heavy atom. The van der Waals surface area contributed by atoms with Gasteiger partial charge in [0.15, 0.2) is 0 Å².